The molecular weight excluding hydrogens is 240 g/mol. The molecule has 4 nitrogen and oxygen atoms in total. The van der Waals surface area contributed by atoms with Gasteiger partial charge in [-0.25, -0.2) is 0 Å². The fraction of sp³-hybridized carbons (Fsp3) is 1.00. The molecule has 0 aromatic heterocycles. The maximum atomic E-state index is 6.39. The molecule has 2 N–H and O–H groups in total. The van der Waals surface area contributed by atoms with Crippen LogP contribution in [-0.2, 0) is 9.47 Å². The molecule has 0 aromatic carbocycles. The number of ether oxygens (including phenoxy) is 2. The Labute approximate surface area is 117 Å². The number of nitrogens with zero attached hydrogens (tertiary/aromatic N) is 1. The molecule has 0 amide bonds. The molecule has 1 aliphatic heterocycles. The van der Waals surface area contributed by atoms with Crippen molar-refractivity contribution >= 4 is 0 Å². The zero-order valence-corrected chi connectivity index (χ0v) is 12.9. The van der Waals surface area contributed by atoms with Crippen LogP contribution in [0, 0.1) is 5.92 Å². The topological polar surface area (TPSA) is 47.7 Å². The summed E-state index contributed by atoms with van der Waals surface area (Å²) in [6, 6.07) is 1.11. The van der Waals surface area contributed by atoms with Crippen molar-refractivity contribution in [3.05, 3.63) is 0 Å². The van der Waals surface area contributed by atoms with E-state index >= 15 is 0 Å². The lowest BCUT2D eigenvalue weighted by molar-refractivity contribution is -0.193. The molecule has 0 aromatic rings. The summed E-state index contributed by atoms with van der Waals surface area (Å²) in [4.78, 5) is 2.54. The molecule has 4 heteroatoms. The lowest BCUT2D eigenvalue weighted by Gasteiger charge is -2.46. The molecule has 1 saturated heterocycles. The van der Waals surface area contributed by atoms with Crippen molar-refractivity contribution in [2.75, 3.05) is 19.8 Å². The molecule has 1 saturated carbocycles. The minimum Gasteiger partial charge on any atom is -0.347 e. The van der Waals surface area contributed by atoms with Gasteiger partial charge in [0.2, 0.25) is 0 Å². The lowest BCUT2D eigenvalue weighted by Crippen LogP contribution is -2.58. The van der Waals surface area contributed by atoms with Crippen molar-refractivity contribution in [2.24, 2.45) is 11.7 Å². The lowest BCUT2D eigenvalue weighted by atomic mass is 9.84. The van der Waals surface area contributed by atoms with Crippen molar-refractivity contribution in [1.82, 2.24) is 4.90 Å². The highest BCUT2D eigenvalue weighted by Gasteiger charge is 2.46. The van der Waals surface area contributed by atoms with Gasteiger partial charge in [-0.2, -0.15) is 0 Å². The fourth-order valence-electron chi connectivity index (χ4n) is 3.42. The Balaban J connectivity index is 2.09. The van der Waals surface area contributed by atoms with Crippen LogP contribution in [0.5, 0.6) is 0 Å². The molecule has 0 radical (unpaired) electrons. The monoisotopic (exact) mass is 270 g/mol. The second-order valence-corrected chi connectivity index (χ2v) is 6.77. The standard InChI is InChI=1S/C15H30N2O2/c1-11(2)10-17(12(3)4)14-9-15(6-5-13(14)16)18-7-8-19-15/h11-14H,5-10,16H2,1-4H3. The summed E-state index contributed by atoms with van der Waals surface area (Å²) in [6.07, 6.45) is 2.85. The zero-order valence-electron chi connectivity index (χ0n) is 12.9. The first-order valence-corrected chi connectivity index (χ1v) is 7.73. The molecule has 1 spiro atoms. The van der Waals surface area contributed by atoms with Gasteiger partial charge in [-0.1, -0.05) is 13.8 Å². The highest BCUT2D eigenvalue weighted by Crippen LogP contribution is 2.37. The van der Waals surface area contributed by atoms with E-state index in [0.29, 0.717) is 18.0 Å². The van der Waals surface area contributed by atoms with Gasteiger partial charge in [0.05, 0.1) is 13.2 Å². The van der Waals surface area contributed by atoms with Crippen LogP contribution < -0.4 is 5.73 Å². The number of hydrogen-bond acceptors (Lipinski definition) is 4. The first kappa shape index (κ1) is 15.2. The zero-order chi connectivity index (χ0) is 14.0. The van der Waals surface area contributed by atoms with Crippen molar-refractivity contribution < 1.29 is 9.47 Å². The van der Waals surface area contributed by atoms with Gasteiger partial charge < -0.3 is 15.2 Å². The van der Waals surface area contributed by atoms with Gasteiger partial charge >= 0.3 is 0 Å². The minimum absolute atomic E-state index is 0.236. The number of hydrogen-bond donors (Lipinski definition) is 1. The molecule has 2 atom stereocenters. The minimum atomic E-state index is -0.343. The average Bonchev–Trinajstić information content (AvgIpc) is 2.78. The van der Waals surface area contributed by atoms with E-state index in [2.05, 4.69) is 32.6 Å². The van der Waals surface area contributed by atoms with E-state index in [1.807, 2.05) is 0 Å². The first-order chi connectivity index (χ1) is 8.93. The van der Waals surface area contributed by atoms with Crippen LogP contribution in [0.25, 0.3) is 0 Å². The van der Waals surface area contributed by atoms with Crippen LogP contribution in [0.3, 0.4) is 0 Å². The maximum absolute atomic E-state index is 6.39. The van der Waals surface area contributed by atoms with Crippen LogP contribution in [0.1, 0.15) is 47.0 Å². The Morgan fingerprint density at radius 3 is 2.37 bits per heavy atom. The van der Waals surface area contributed by atoms with Gasteiger partial charge in [-0.15, -0.1) is 0 Å². The van der Waals surface area contributed by atoms with Crippen LogP contribution in [-0.4, -0.2) is 48.6 Å². The van der Waals surface area contributed by atoms with Crippen LogP contribution in [0.4, 0.5) is 0 Å². The van der Waals surface area contributed by atoms with E-state index < -0.39 is 0 Å². The molecule has 2 unspecified atom stereocenters. The average molecular weight is 270 g/mol. The summed E-state index contributed by atoms with van der Waals surface area (Å²) in [7, 11) is 0. The third kappa shape index (κ3) is 3.48. The van der Waals surface area contributed by atoms with E-state index in [9.17, 15) is 0 Å². The van der Waals surface area contributed by atoms with Gasteiger partial charge in [0, 0.05) is 37.5 Å². The summed E-state index contributed by atoms with van der Waals surface area (Å²) in [5, 5.41) is 0. The van der Waals surface area contributed by atoms with Crippen LogP contribution >= 0.6 is 0 Å². The fourth-order valence-corrected chi connectivity index (χ4v) is 3.42. The number of nitrogens with two attached hydrogens (primary N) is 1. The molecule has 112 valence electrons. The second-order valence-electron chi connectivity index (χ2n) is 6.77. The molecule has 2 rings (SSSR count). The van der Waals surface area contributed by atoms with Crippen molar-refractivity contribution in [3.8, 4) is 0 Å². The summed E-state index contributed by atoms with van der Waals surface area (Å²) in [6.45, 7) is 11.6. The predicted molar refractivity (Wildman–Crippen MR) is 76.9 cm³/mol. The summed E-state index contributed by atoms with van der Waals surface area (Å²) in [5.74, 6) is 0.308. The molecule has 19 heavy (non-hydrogen) atoms. The molecule has 1 aliphatic carbocycles. The van der Waals surface area contributed by atoms with Crippen LogP contribution in [0.2, 0.25) is 0 Å². The summed E-state index contributed by atoms with van der Waals surface area (Å²) >= 11 is 0. The van der Waals surface area contributed by atoms with Gasteiger partial charge in [0.25, 0.3) is 0 Å². The van der Waals surface area contributed by atoms with Gasteiger partial charge in [0.15, 0.2) is 5.79 Å². The predicted octanol–water partition coefficient (Wildman–Crippen LogP) is 1.98. The summed E-state index contributed by atoms with van der Waals surface area (Å²) < 4.78 is 11.8. The Hall–Kier alpha value is -0.160. The quantitative estimate of drug-likeness (QED) is 0.848. The highest BCUT2D eigenvalue weighted by atomic mass is 16.7. The maximum Gasteiger partial charge on any atom is 0.170 e. The van der Waals surface area contributed by atoms with Gasteiger partial charge in [0.1, 0.15) is 0 Å². The molecular formula is C15H30N2O2. The van der Waals surface area contributed by atoms with Crippen molar-refractivity contribution in [3.63, 3.8) is 0 Å². The molecule has 2 fully saturated rings. The normalized spacial score (nSPS) is 30.9. The Kier molecular flexibility index (Phi) is 4.88. The second kappa shape index (κ2) is 6.08. The first-order valence-electron chi connectivity index (χ1n) is 7.73. The third-order valence-corrected chi connectivity index (χ3v) is 4.35. The molecule has 2 aliphatic rings. The van der Waals surface area contributed by atoms with Crippen LogP contribution in [0.15, 0.2) is 0 Å². The highest BCUT2D eigenvalue weighted by molar-refractivity contribution is 4.96. The summed E-state index contributed by atoms with van der Waals surface area (Å²) in [5.41, 5.74) is 6.39. The van der Waals surface area contributed by atoms with E-state index in [1.165, 1.54) is 0 Å². The van der Waals surface area contributed by atoms with Gasteiger partial charge in [-0.3, -0.25) is 4.90 Å². The van der Waals surface area contributed by atoms with E-state index in [4.69, 9.17) is 15.2 Å². The van der Waals surface area contributed by atoms with Crippen molar-refractivity contribution in [2.45, 2.75) is 70.9 Å². The Morgan fingerprint density at radius 1 is 1.21 bits per heavy atom. The van der Waals surface area contributed by atoms with Gasteiger partial charge in [-0.05, 0) is 26.2 Å². The van der Waals surface area contributed by atoms with E-state index in [0.717, 1.165) is 39.0 Å². The van der Waals surface area contributed by atoms with E-state index in [-0.39, 0.29) is 11.8 Å². The van der Waals surface area contributed by atoms with E-state index in [1.54, 1.807) is 0 Å². The largest absolute Gasteiger partial charge is 0.347 e. The third-order valence-electron chi connectivity index (χ3n) is 4.35. The molecule has 0 bridgehead atoms. The Bertz CT molecular complexity index is 288. The van der Waals surface area contributed by atoms with Crippen molar-refractivity contribution in [1.29, 1.82) is 0 Å². The Morgan fingerprint density at radius 2 is 1.84 bits per heavy atom. The SMILES string of the molecule is CC(C)CN(C(C)C)C1CC2(CCC1N)OCCO2. The smallest absolute Gasteiger partial charge is 0.170 e. The number of rotatable bonds is 4. The molecule has 1 heterocycles.